The molecule has 8 heteroatoms. The standard InChI is InChI=1S/C21H24BrN3O3S/c1-2-28-18-9-8-16(22)14-17(18)20(27)24-21(29)25(13-11-19(23)26)12-10-15-6-4-3-5-7-15/h3-9,14H,2,10-13H2,1H3,(H2,23,26)(H,24,27,29). The van der Waals surface area contributed by atoms with E-state index in [4.69, 9.17) is 22.7 Å². The number of thiocarbonyl (C=S) groups is 1. The van der Waals surface area contributed by atoms with E-state index in [1.807, 2.05) is 37.3 Å². The number of rotatable bonds is 9. The third-order valence-electron chi connectivity index (χ3n) is 4.14. The summed E-state index contributed by atoms with van der Waals surface area (Å²) in [5.41, 5.74) is 6.80. The first kappa shape index (κ1) is 22.8. The maximum absolute atomic E-state index is 12.8. The second-order valence-corrected chi connectivity index (χ2v) is 7.57. The molecular weight excluding hydrogens is 454 g/mol. The maximum Gasteiger partial charge on any atom is 0.261 e. The van der Waals surface area contributed by atoms with E-state index in [2.05, 4.69) is 21.2 Å². The van der Waals surface area contributed by atoms with Crippen molar-refractivity contribution in [3.05, 3.63) is 64.1 Å². The van der Waals surface area contributed by atoms with Gasteiger partial charge in [0.05, 0.1) is 12.2 Å². The molecule has 0 radical (unpaired) electrons. The Labute approximate surface area is 184 Å². The Balaban J connectivity index is 2.10. The number of carbonyl (C=O) groups excluding carboxylic acids is 2. The molecule has 0 saturated heterocycles. The molecule has 0 aliphatic heterocycles. The van der Waals surface area contributed by atoms with E-state index in [9.17, 15) is 9.59 Å². The predicted molar refractivity (Wildman–Crippen MR) is 121 cm³/mol. The molecule has 0 saturated carbocycles. The van der Waals surface area contributed by atoms with Gasteiger partial charge in [-0.15, -0.1) is 0 Å². The predicted octanol–water partition coefficient (Wildman–Crippen LogP) is 3.28. The fourth-order valence-electron chi connectivity index (χ4n) is 2.67. The number of ether oxygens (including phenoxy) is 1. The molecule has 0 heterocycles. The van der Waals surface area contributed by atoms with Crippen molar-refractivity contribution in [1.29, 1.82) is 0 Å². The van der Waals surface area contributed by atoms with Gasteiger partial charge in [0.1, 0.15) is 5.75 Å². The minimum atomic E-state index is -0.422. The number of nitrogens with zero attached hydrogens (tertiary/aromatic N) is 1. The summed E-state index contributed by atoms with van der Waals surface area (Å²) in [6, 6.07) is 15.1. The Morgan fingerprint density at radius 1 is 1.17 bits per heavy atom. The zero-order chi connectivity index (χ0) is 21.2. The molecular formula is C21H24BrN3O3S. The quantitative estimate of drug-likeness (QED) is 0.541. The van der Waals surface area contributed by atoms with Crippen molar-refractivity contribution in [2.24, 2.45) is 5.73 Å². The van der Waals surface area contributed by atoms with Crippen LogP contribution < -0.4 is 15.8 Å². The number of amides is 2. The fraction of sp³-hybridized carbons (Fsp3) is 0.286. The third kappa shape index (κ3) is 7.47. The lowest BCUT2D eigenvalue weighted by Crippen LogP contribution is -2.44. The normalized spacial score (nSPS) is 10.3. The average Bonchev–Trinajstić information content (AvgIpc) is 2.70. The van der Waals surface area contributed by atoms with Gasteiger partial charge in [-0.25, -0.2) is 0 Å². The minimum absolute atomic E-state index is 0.145. The van der Waals surface area contributed by atoms with Crippen LogP contribution in [0.2, 0.25) is 0 Å². The van der Waals surface area contributed by atoms with Crippen molar-refractivity contribution in [1.82, 2.24) is 10.2 Å². The summed E-state index contributed by atoms with van der Waals surface area (Å²) in [5.74, 6) is -0.318. The Kier molecular flexibility index (Phi) is 9.08. The van der Waals surface area contributed by atoms with Gasteiger partial charge in [-0.3, -0.25) is 14.9 Å². The maximum atomic E-state index is 12.8. The summed E-state index contributed by atoms with van der Waals surface area (Å²) in [7, 11) is 0. The summed E-state index contributed by atoms with van der Waals surface area (Å²) in [4.78, 5) is 25.8. The summed E-state index contributed by atoms with van der Waals surface area (Å²) >= 11 is 8.82. The van der Waals surface area contributed by atoms with Crippen molar-refractivity contribution in [3.63, 3.8) is 0 Å². The Bertz CT molecular complexity index is 862. The van der Waals surface area contributed by atoms with Crippen molar-refractivity contribution < 1.29 is 14.3 Å². The molecule has 29 heavy (non-hydrogen) atoms. The van der Waals surface area contributed by atoms with Crippen LogP contribution in [0.3, 0.4) is 0 Å². The van der Waals surface area contributed by atoms with E-state index in [1.54, 1.807) is 23.1 Å². The van der Waals surface area contributed by atoms with Crippen LogP contribution in [0.5, 0.6) is 5.75 Å². The molecule has 0 aliphatic rings. The van der Waals surface area contributed by atoms with E-state index in [0.29, 0.717) is 31.0 Å². The summed E-state index contributed by atoms with van der Waals surface area (Å²) < 4.78 is 6.30. The summed E-state index contributed by atoms with van der Waals surface area (Å²) in [6.07, 6.45) is 0.864. The first-order chi connectivity index (χ1) is 13.9. The Morgan fingerprint density at radius 3 is 2.55 bits per heavy atom. The van der Waals surface area contributed by atoms with Crippen LogP contribution in [0.1, 0.15) is 29.3 Å². The molecule has 0 fully saturated rings. The summed E-state index contributed by atoms with van der Waals surface area (Å²) in [5, 5.41) is 2.99. The number of primary amides is 1. The molecule has 0 unspecified atom stereocenters. The Morgan fingerprint density at radius 2 is 1.90 bits per heavy atom. The number of hydrogen-bond donors (Lipinski definition) is 2. The Hall–Kier alpha value is -2.45. The number of benzene rings is 2. The lowest BCUT2D eigenvalue weighted by molar-refractivity contribution is -0.118. The smallest absolute Gasteiger partial charge is 0.261 e. The highest BCUT2D eigenvalue weighted by atomic mass is 79.9. The highest BCUT2D eigenvalue weighted by molar-refractivity contribution is 9.10. The van der Waals surface area contributed by atoms with Gasteiger partial charge in [0.15, 0.2) is 5.11 Å². The van der Waals surface area contributed by atoms with Gasteiger partial charge in [-0.2, -0.15) is 0 Å². The molecule has 3 N–H and O–H groups in total. The largest absolute Gasteiger partial charge is 0.493 e. The number of hydrogen-bond acceptors (Lipinski definition) is 4. The van der Waals surface area contributed by atoms with Gasteiger partial charge < -0.3 is 15.4 Å². The number of nitrogens with one attached hydrogen (secondary N) is 1. The zero-order valence-electron chi connectivity index (χ0n) is 16.2. The second-order valence-electron chi connectivity index (χ2n) is 6.27. The van der Waals surface area contributed by atoms with E-state index in [-0.39, 0.29) is 17.4 Å². The van der Waals surface area contributed by atoms with E-state index in [0.717, 1.165) is 16.5 Å². The monoisotopic (exact) mass is 477 g/mol. The lowest BCUT2D eigenvalue weighted by Gasteiger charge is -2.25. The molecule has 2 aromatic carbocycles. The topological polar surface area (TPSA) is 84.7 Å². The first-order valence-corrected chi connectivity index (χ1v) is 10.5. The van der Waals surface area contributed by atoms with Gasteiger partial charge in [0, 0.05) is 24.0 Å². The molecule has 0 bridgehead atoms. The van der Waals surface area contributed by atoms with Crippen LogP contribution in [0, 0.1) is 0 Å². The third-order valence-corrected chi connectivity index (χ3v) is 4.99. The van der Waals surface area contributed by atoms with E-state index in [1.165, 1.54) is 0 Å². The van der Waals surface area contributed by atoms with Gasteiger partial charge in [0.2, 0.25) is 5.91 Å². The van der Waals surface area contributed by atoms with Crippen molar-refractivity contribution >= 4 is 45.1 Å². The van der Waals surface area contributed by atoms with E-state index < -0.39 is 5.91 Å². The van der Waals surface area contributed by atoms with Crippen LogP contribution in [0.4, 0.5) is 0 Å². The number of nitrogens with two attached hydrogens (primary N) is 1. The van der Waals surface area contributed by atoms with Crippen LogP contribution in [0.15, 0.2) is 53.0 Å². The molecule has 0 aromatic heterocycles. The average molecular weight is 478 g/mol. The van der Waals surface area contributed by atoms with Crippen LogP contribution >= 0.6 is 28.1 Å². The highest BCUT2D eigenvalue weighted by Gasteiger charge is 2.18. The molecule has 0 spiro atoms. The van der Waals surface area contributed by atoms with Crippen LogP contribution in [-0.4, -0.2) is 41.5 Å². The molecule has 2 rings (SSSR count). The fourth-order valence-corrected chi connectivity index (χ4v) is 3.31. The SMILES string of the molecule is CCOc1ccc(Br)cc1C(=O)NC(=S)N(CCC(N)=O)CCc1ccccc1. The lowest BCUT2D eigenvalue weighted by atomic mass is 10.1. The molecule has 6 nitrogen and oxygen atoms in total. The molecule has 2 aromatic rings. The minimum Gasteiger partial charge on any atom is -0.493 e. The second kappa shape index (κ2) is 11.5. The molecule has 154 valence electrons. The van der Waals surface area contributed by atoms with E-state index >= 15 is 0 Å². The van der Waals surface area contributed by atoms with Crippen molar-refractivity contribution in [3.8, 4) is 5.75 Å². The van der Waals surface area contributed by atoms with Gasteiger partial charge >= 0.3 is 0 Å². The van der Waals surface area contributed by atoms with Gasteiger partial charge in [-0.1, -0.05) is 46.3 Å². The van der Waals surface area contributed by atoms with Gasteiger partial charge in [-0.05, 0) is 49.3 Å². The number of carbonyl (C=O) groups is 2. The van der Waals surface area contributed by atoms with Crippen molar-refractivity contribution in [2.45, 2.75) is 19.8 Å². The van der Waals surface area contributed by atoms with Crippen LogP contribution in [-0.2, 0) is 11.2 Å². The molecule has 2 amide bonds. The molecule has 0 aliphatic carbocycles. The number of halogens is 1. The van der Waals surface area contributed by atoms with Crippen LogP contribution in [0.25, 0.3) is 0 Å². The summed E-state index contributed by atoms with van der Waals surface area (Å²) in [6.45, 7) is 3.17. The van der Waals surface area contributed by atoms with Crippen molar-refractivity contribution in [2.75, 3.05) is 19.7 Å². The first-order valence-electron chi connectivity index (χ1n) is 9.25. The highest BCUT2D eigenvalue weighted by Crippen LogP contribution is 2.23. The zero-order valence-corrected chi connectivity index (χ0v) is 18.6. The van der Waals surface area contributed by atoms with Gasteiger partial charge in [0.25, 0.3) is 5.91 Å². The molecule has 0 atom stereocenters.